The molecule has 0 saturated carbocycles. The summed E-state index contributed by atoms with van der Waals surface area (Å²) in [6.07, 6.45) is 3.50. The molecule has 0 fully saturated rings. The lowest BCUT2D eigenvalue weighted by molar-refractivity contribution is 0.502. The molecule has 0 unspecified atom stereocenters. The highest BCUT2D eigenvalue weighted by molar-refractivity contribution is 7.74. The molecule has 0 saturated heterocycles. The molecule has 0 atom stereocenters. The molecule has 14 heavy (non-hydrogen) atoms. The third-order valence-electron chi connectivity index (χ3n) is 0.566. The quantitative estimate of drug-likeness (QED) is 0.545. The van der Waals surface area contributed by atoms with Crippen LogP contribution in [0.4, 0.5) is 0 Å². The second-order valence-electron chi connectivity index (χ2n) is 1.51. The van der Waals surface area contributed by atoms with Gasteiger partial charge in [0.15, 0.2) is 0 Å². The van der Waals surface area contributed by atoms with E-state index in [0.717, 1.165) is 0 Å². The van der Waals surface area contributed by atoms with Crippen LogP contribution in [0.2, 0.25) is 0 Å². The van der Waals surface area contributed by atoms with Gasteiger partial charge in [0.1, 0.15) is 0 Å². The van der Waals surface area contributed by atoms with Gasteiger partial charge >= 0.3 is 0 Å². The zero-order valence-corrected chi connectivity index (χ0v) is 10.1. The van der Waals surface area contributed by atoms with Crippen molar-refractivity contribution in [3.05, 3.63) is 30.6 Å². The molecule has 0 bridgehead atoms. The molecule has 0 aliphatic carbocycles. The SMILES string of the molecule is OP(O)Cl.OP(O)Cl.c1ccncc1. The molecule has 0 aliphatic rings. The second kappa shape index (κ2) is 13.4. The monoisotopic (exact) mass is 279 g/mol. The standard InChI is InChI=1S/C5H5N.2ClH2O2P/c1-2-4-6-5-3-1;2*1-4(2)3/h1-5H;2*2-3H. The highest BCUT2D eigenvalue weighted by atomic mass is 35.7. The molecule has 1 rings (SSSR count). The van der Waals surface area contributed by atoms with Crippen molar-refractivity contribution in [2.75, 3.05) is 0 Å². The smallest absolute Gasteiger partial charge is 0.271 e. The van der Waals surface area contributed by atoms with E-state index in [1.165, 1.54) is 0 Å². The third kappa shape index (κ3) is 39.3. The summed E-state index contributed by atoms with van der Waals surface area (Å²) in [5.41, 5.74) is 0. The zero-order valence-electron chi connectivity index (χ0n) is 6.77. The topological polar surface area (TPSA) is 93.8 Å². The van der Waals surface area contributed by atoms with Crippen LogP contribution in [-0.4, -0.2) is 24.6 Å². The van der Waals surface area contributed by atoms with Gasteiger partial charge in [0.05, 0.1) is 0 Å². The van der Waals surface area contributed by atoms with Crippen molar-refractivity contribution >= 4 is 37.9 Å². The number of hydrogen-bond acceptors (Lipinski definition) is 5. The summed E-state index contributed by atoms with van der Waals surface area (Å²) in [5, 5.41) is 0. The number of nitrogens with zero attached hydrogens (tertiary/aromatic N) is 1. The second-order valence-corrected chi connectivity index (χ2v) is 4.28. The highest BCUT2D eigenvalue weighted by Crippen LogP contribution is 2.28. The number of halogens is 2. The van der Waals surface area contributed by atoms with E-state index in [2.05, 4.69) is 27.5 Å². The average Bonchev–Trinajstić information content (AvgIpc) is 2.05. The zero-order chi connectivity index (χ0) is 11.4. The van der Waals surface area contributed by atoms with Crippen molar-refractivity contribution in [3.63, 3.8) is 0 Å². The fourth-order valence-electron chi connectivity index (χ4n) is 0.313. The van der Waals surface area contributed by atoms with E-state index >= 15 is 0 Å². The summed E-state index contributed by atoms with van der Waals surface area (Å²) >= 11 is 8.90. The van der Waals surface area contributed by atoms with Gasteiger partial charge in [0.2, 0.25) is 0 Å². The maximum absolute atomic E-state index is 7.44. The highest BCUT2D eigenvalue weighted by Gasteiger charge is 1.78. The van der Waals surface area contributed by atoms with Gasteiger partial charge in [-0.05, 0) is 34.6 Å². The Balaban J connectivity index is 0. The number of pyridine rings is 1. The van der Waals surface area contributed by atoms with E-state index in [9.17, 15) is 0 Å². The predicted molar refractivity (Wildman–Crippen MR) is 58.7 cm³/mol. The molecule has 9 heteroatoms. The Kier molecular flexibility index (Phi) is 16.2. The molecule has 1 aromatic rings. The fourth-order valence-corrected chi connectivity index (χ4v) is 0.313. The Labute approximate surface area is 93.4 Å². The van der Waals surface area contributed by atoms with Crippen molar-refractivity contribution in [2.24, 2.45) is 0 Å². The first-order valence-corrected chi connectivity index (χ1v) is 7.29. The van der Waals surface area contributed by atoms with Crippen LogP contribution in [0.15, 0.2) is 30.6 Å². The van der Waals surface area contributed by atoms with Crippen LogP contribution in [0.1, 0.15) is 0 Å². The Morgan fingerprint density at radius 3 is 1.14 bits per heavy atom. The molecule has 82 valence electrons. The maximum Gasteiger partial charge on any atom is 0.271 e. The normalized spacial score (nSPS) is 8.57. The molecular formula is C5H9Cl2NO4P2. The van der Waals surface area contributed by atoms with E-state index in [0.29, 0.717) is 0 Å². The first-order valence-electron chi connectivity index (χ1n) is 2.99. The van der Waals surface area contributed by atoms with Gasteiger partial charge in [0, 0.05) is 12.4 Å². The van der Waals surface area contributed by atoms with Gasteiger partial charge in [-0.3, -0.25) is 4.98 Å². The first kappa shape index (κ1) is 16.8. The largest absolute Gasteiger partial charge is 0.338 e. The minimum Gasteiger partial charge on any atom is -0.338 e. The Bertz CT molecular complexity index is 154. The first-order chi connectivity index (χ1) is 6.46. The van der Waals surface area contributed by atoms with E-state index in [4.69, 9.17) is 19.6 Å². The van der Waals surface area contributed by atoms with Crippen LogP contribution in [0, 0.1) is 0 Å². The lowest BCUT2D eigenvalue weighted by Crippen LogP contribution is -1.58. The Morgan fingerprint density at radius 2 is 1.07 bits per heavy atom. The Hall–Kier alpha value is 0.430. The molecule has 0 spiro atoms. The van der Waals surface area contributed by atoms with Crippen LogP contribution in [0.5, 0.6) is 0 Å². The summed E-state index contributed by atoms with van der Waals surface area (Å²) in [7, 11) is -4.30. The van der Waals surface area contributed by atoms with Crippen LogP contribution < -0.4 is 0 Å². The van der Waals surface area contributed by atoms with Crippen molar-refractivity contribution in [1.29, 1.82) is 0 Å². The molecular weight excluding hydrogens is 271 g/mol. The maximum atomic E-state index is 7.44. The van der Waals surface area contributed by atoms with E-state index in [-0.39, 0.29) is 0 Å². The van der Waals surface area contributed by atoms with Gasteiger partial charge in [-0.15, -0.1) is 0 Å². The molecule has 4 N–H and O–H groups in total. The predicted octanol–water partition coefficient (Wildman–Crippen LogP) is 1.96. The molecule has 0 radical (unpaired) electrons. The van der Waals surface area contributed by atoms with Crippen LogP contribution in [0.25, 0.3) is 0 Å². The molecule has 0 aliphatic heterocycles. The average molecular weight is 280 g/mol. The van der Waals surface area contributed by atoms with Crippen LogP contribution in [-0.2, 0) is 0 Å². The van der Waals surface area contributed by atoms with Gasteiger partial charge in [-0.1, -0.05) is 6.07 Å². The lowest BCUT2D eigenvalue weighted by atomic mass is 10.5. The number of rotatable bonds is 0. The molecule has 0 aromatic carbocycles. The van der Waals surface area contributed by atoms with Gasteiger partial charge in [-0.2, -0.15) is 0 Å². The number of aromatic nitrogens is 1. The van der Waals surface area contributed by atoms with Gasteiger partial charge < -0.3 is 19.6 Å². The van der Waals surface area contributed by atoms with Gasteiger partial charge in [0.25, 0.3) is 15.5 Å². The van der Waals surface area contributed by atoms with E-state index < -0.39 is 15.5 Å². The third-order valence-corrected chi connectivity index (χ3v) is 0.566. The molecule has 0 amide bonds. The van der Waals surface area contributed by atoms with Gasteiger partial charge in [-0.25, -0.2) is 0 Å². The van der Waals surface area contributed by atoms with E-state index in [1.54, 1.807) is 12.4 Å². The molecule has 1 aromatic heterocycles. The van der Waals surface area contributed by atoms with Crippen molar-refractivity contribution in [2.45, 2.75) is 0 Å². The minimum atomic E-state index is -2.15. The van der Waals surface area contributed by atoms with Crippen LogP contribution in [0.3, 0.4) is 0 Å². The fraction of sp³-hybridized carbons (Fsp3) is 0. The summed E-state index contributed by atoms with van der Waals surface area (Å²) in [4.78, 5) is 33.6. The Morgan fingerprint density at radius 1 is 0.786 bits per heavy atom. The van der Waals surface area contributed by atoms with Crippen molar-refractivity contribution < 1.29 is 19.6 Å². The summed E-state index contributed by atoms with van der Waals surface area (Å²) in [6, 6.07) is 5.72. The lowest BCUT2D eigenvalue weighted by Gasteiger charge is -1.74. The van der Waals surface area contributed by atoms with Crippen molar-refractivity contribution in [3.8, 4) is 0 Å². The van der Waals surface area contributed by atoms with E-state index in [1.807, 2.05) is 18.2 Å². The molecule has 1 heterocycles. The van der Waals surface area contributed by atoms with Crippen molar-refractivity contribution in [1.82, 2.24) is 4.98 Å². The molecule has 5 nitrogen and oxygen atoms in total. The summed E-state index contributed by atoms with van der Waals surface area (Å²) in [5.74, 6) is 0. The minimum absolute atomic E-state index is 1.75. The summed E-state index contributed by atoms with van der Waals surface area (Å²) in [6.45, 7) is 0. The number of hydrogen-bond donors (Lipinski definition) is 4. The van der Waals surface area contributed by atoms with Crippen LogP contribution >= 0.6 is 37.9 Å². The summed E-state index contributed by atoms with van der Waals surface area (Å²) < 4.78 is 0.